The lowest BCUT2D eigenvalue weighted by molar-refractivity contribution is 0.0997. The molecule has 0 saturated carbocycles. The molecule has 1 N–H and O–H groups in total. The largest absolute Gasteiger partial charge is 0.438 e. The van der Waals surface area contributed by atoms with Crippen LogP contribution in [0.4, 0.5) is 9.52 Å². The number of nitrogens with zero attached hydrogens (tertiary/aromatic N) is 3. The van der Waals surface area contributed by atoms with Gasteiger partial charge in [0.1, 0.15) is 17.2 Å². The Bertz CT molecular complexity index is 1330. The second-order valence-electron chi connectivity index (χ2n) is 6.15. The molecule has 0 unspecified atom stereocenters. The molecule has 0 atom stereocenters. The van der Waals surface area contributed by atoms with E-state index in [1.54, 1.807) is 23.7 Å². The quantitative estimate of drug-likeness (QED) is 0.467. The summed E-state index contributed by atoms with van der Waals surface area (Å²) in [5.74, 6) is -1.64. The molecule has 0 aliphatic rings. The Labute approximate surface area is 174 Å². The third-order valence-corrected chi connectivity index (χ3v) is 5.93. The Hall–Kier alpha value is -3.44. The first-order valence-corrected chi connectivity index (χ1v) is 11.2. The number of hydrogen-bond donors (Lipinski definition) is 1. The van der Waals surface area contributed by atoms with Crippen molar-refractivity contribution in [3.05, 3.63) is 65.9 Å². The number of hydrogen-bond acceptors (Lipinski definition) is 8. The lowest BCUT2D eigenvalue weighted by atomic mass is 10.1. The van der Waals surface area contributed by atoms with Crippen LogP contribution in [-0.2, 0) is 9.84 Å². The average Bonchev–Trinajstić information content (AvgIpc) is 3.37. The van der Waals surface area contributed by atoms with Gasteiger partial charge in [-0.1, -0.05) is 6.07 Å². The van der Waals surface area contributed by atoms with Crippen LogP contribution in [0.25, 0.3) is 22.6 Å². The fourth-order valence-corrected chi connectivity index (χ4v) is 4.30. The summed E-state index contributed by atoms with van der Waals surface area (Å²) in [6, 6.07) is 8.52. The van der Waals surface area contributed by atoms with Crippen molar-refractivity contribution in [2.75, 3.05) is 11.6 Å². The second kappa shape index (κ2) is 7.76. The number of amides is 1. The number of nitrogens with one attached hydrogen (secondary N) is 1. The summed E-state index contributed by atoms with van der Waals surface area (Å²) < 4.78 is 43.1. The molecule has 8 nitrogen and oxygen atoms in total. The number of pyridine rings is 1. The van der Waals surface area contributed by atoms with Crippen LogP contribution in [0.3, 0.4) is 0 Å². The molecular weight excluding hydrogens is 431 g/mol. The molecule has 0 bridgehead atoms. The highest BCUT2D eigenvalue weighted by Gasteiger charge is 2.25. The molecule has 0 aliphatic carbocycles. The zero-order valence-corrected chi connectivity index (χ0v) is 17.0. The third kappa shape index (κ3) is 3.98. The zero-order chi connectivity index (χ0) is 21.3. The number of halogens is 1. The van der Waals surface area contributed by atoms with Gasteiger partial charge >= 0.3 is 0 Å². The summed E-state index contributed by atoms with van der Waals surface area (Å²) in [4.78, 5) is 25.0. The molecule has 11 heteroatoms. The Balaban J connectivity index is 1.66. The Morgan fingerprint density at radius 1 is 1.17 bits per heavy atom. The van der Waals surface area contributed by atoms with E-state index in [0.29, 0.717) is 11.4 Å². The van der Waals surface area contributed by atoms with E-state index in [0.717, 1.165) is 30.8 Å². The van der Waals surface area contributed by atoms with E-state index in [1.165, 1.54) is 11.3 Å². The molecular formula is C19H13FN4O4S2. The SMILES string of the molecule is CS(=O)(=O)c1ccc(F)cc1-c1ncoc1C(=O)Nc1nc(-c2ccccn2)cs1. The number of sulfone groups is 1. The summed E-state index contributed by atoms with van der Waals surface area (Å²) in [5, 5.41) is 4.59. The summed E-state index contributed by atoms with van der Waals surface area (Å²) in [6.07, 6.45) is 3.60. The van der Waals surface area contributed by atoms with E-state index in [1.807, 2.05) is 6.07 Å². The van der Waals surface area contributed by atoms with E-state index < -0.39 is 21.6 Å². The second-order valence-corrected chi connectivity index (χ2v) is 8.99. The topological polar surface area (TPSA) is 115 Å². The van der Waals surface area contributed by atoms with Gasteiger partial charge in [0, 0.05) is 23.4 Å². The standard InChI is InChI=1S/C19H13FN4O4S2/c1-30(26,27)15-6-5-11(20)8-12(15)16-17(28-10-22-16)18(25)24-19-23-14(9-29-19)13-4-2-3-7-21-13/h2-10H,1H3,(H,23,24,25). The van der Waals surface area contributed by atoms with Crippen LogP contribution in [-0.4, -0.2) is 35.5 Å². The van der Waals surface area contributed by atoms with Gasteiger partial charge in [0.25, 0.3) is 5.91 Å². The number of thiazole rings is 1. The van der Waals surface area contributed by atoms with Crippen molar-refractivity contribution < 1.29 is 22.0 Å². The lowest BCUT2D eigenvalue weighted by Gasteiger charge is -2.07. The van der Waals surface area contributed by atoms with Gasteiger partial charge in [-0.25, -0.2) is 22.8 Å². The number of oxazole rings is 1. The van der Waals surface area contributed by atoms with Crippen molar-refractivity contribution in [3.8, 4) is 22.6 Å². The summed E-state index contributed by atoms with van der Waals surface area (Å²) in [5.41, 5.74) is 1.07. The highest BCUT2D eigenvalue weighted by atomic mass is 32.2. The van der Waals surface area contributed by atoms with Crippen molar-refractivity contribution in [1.82, 2.24) is 15.0 Å². The van der Waals surface area contributed by atoms with Gasteiger partial charge in [-0.2, -0.15) is 0 Å². The monoisotopic (exact) mass is 444 g/mol. The minimum Gasteiger partial charge on any atom is -0.438 e. The third-order valence-electron chi connectivity index (χ3n) is 4.02. The minimum atomic E-state index is -3.70. The fraction of sp³-hybridized carbons (Fsp3) is 0.0526. The number of carbonyl (C=O) groups is 1. The van der Waals surface area contributed by atoms with Gasteiger partial charge in [-0.3, -0.25) is 15.1 Å². The molecule has 1 amide bonds. The van der Waals surface area contributed by atoms with E-state index in [-0.39, 0.29) is 27.0 Å². The summed E-state index contributed by atoms with van der Waals surface area (Å²) >= 11 is 1.18. The van der Waals surface area contributed by atoms with E-state index in [4.69, 9.17) is 4.42 Å². The molecule has 152 valence electrons. The first-order valence-electron chi connectivity index (χ1n) is 8.44. The number of benzene rings is 1. The fourth-order valence-electron chi connectivity index (χ4n) is 2.73. The van der Waals surface area contributed by atoms with Crippen LogP contribution in [0.2, 0.25) is 0 Å². The van der Waals surface area contributed by atoms with Gasteiger partial charge < -0.3 is 4.42 Å². The maximum Gasteiger partial charge on any atom is 0.295 e. The predicted molar refractivity (Wildman–Crippen MR) is 108 cm³/mol. The number of aromatic nitrogens is 3. The smallest absolute Gasteiger partial charge is 0.295 e. The first kappa shape index (κ1) is 19.9. The van der Waals surface area contributed by atoms with Crippen LogP contribution >= 0.6 is 11.3 Å². The average molecular weight is 444 g/mol. The van der Waals surface area contributed by atoms with Crippen LogP contribution in [0.15, 0.2) is 63.7 Å². The number of rotatable bonds is 5. The van der Waals surface area contributed by atoms with Crippen LogP contribution in [0.5, 0.6) is 0 Å². The Morgan fingerprint density at radius 2 is 2.00 bits per heavy atom. The molecule has 4 aromatic rings. The highest BCUT2D eigenvalue weighted by Crippen LogP contribution is 2.31. The molecule has 0 saturated heterocycles. The Morgan fingerprint density at radius 3 is 2.73 bits per heavy atom. The number of carbonyl (C=O) groups excluding carboxylic acids is 1. The van der Waals surface area contributed by atoms with Gasteiger partial charge in [-0.05, 0) is 30.3 Å². The van der Waals surface area contributed by atoms with Gasteiger partial charge in [0.15, 0.2) is 21.4 Å². The van der Waals surface area contributed by atoms with Gasteiger partial charge in [-0.15, -0.1) is 11.3 Å². The zero-order valence-electron chi connectivity index (χ0n) is 15.4. The molecule has 0 radical (unpaired) electrons. The van der Waals surface area contributed by atoms with Crippen LogP contribution in [0, 0.1) is 5.82 Å². The normalized spacial score (nSPS) is 11.4. The molecule has 0 fully saturated rings. The van der Waals surface area contributed by atoms with E-state index in [9.17, 15) is 17.6 Å². The minimum absolute atomic E-state index is 0.0651. The van der Waals surface area contributed by atoms with Crippen molar-refractivity contribution in [2.45, 2.75) is 4.90 Å². The van der Waals surface area contributed by atoms with Gasteiger partial charge in [0.05, 0.1) is 10.6 Å². The molecule has 3 heterocycles. The van der Waals surface area contributed by atoms with Crippen molar-refractivity contribution in [3.63, 3.8) is 0 Å². The molecule has 0 aliphatic heterocycles. The molecule has 4 rings (SSSR count). The Kier molecular flexibility index (Phi) is 5.14. The summed E-state index contributed by atoms with van der Waals surface area (Å²) in [6.45, 7) is 0. The maximum absolute atomic E-state index is 13.8. The van der Waals surface area contributed by atoms with Crippen LogP contribution < -0.4 is 5.32 Å². The number of anilines is 1. The maximum atomic E-state index is 13.8. The predicted octanol–water partition coefficient (Wildman–Crippen LogP) is 3.66. The molecule has 1 aromatic carbocycles. The van der Waals surface area contributed by atoms with E-state index in [2.05, 4.69) is 20.3 Å². The van der Waals surface area contributed by atoms with Crippen molar-refractivity contribution in [2.24, 2.45) is 0 Å². The van der Waals surface area contributed by atoms with E-state index >= 15 is 0 Å². The van der Waals surface area contributed by atoms with Crippen molar-refractivity contribution >= 4 is 32.2 Å². The molecule has 3 aromatic heterocycles. The molecule has 30 heavy (non-hydrogen) atoms. The van der Waals surface area contributed by atoms with Crippen LogP contribution in [0.1, 0.15) is 10.6 Å². The molecule has 0 spiro atoms. The lowest BCUT2D eigenvalue weighted by Crippen LogP contribution is -2.12. The highest BCUT2D eigenvalue weighted by molar-refractivity contribution is 7.90. The summed E-state index contributed by atoms with van der Waals surface area (Å²) in [7, 11) is -3.70. The van der Waals surface area contributed by atoms with Gasteiger partial charge in [0.2, 0.25) is 5.76 Å². The van der Waals surface area contributed by atoms with Crippen molar-refractivity contribution in [1.29, 1.82) is 0 Å². The first-order chi connectivity index (χ1) is 14.3.